The number of aromatic amines is 1. The fraction of sp³-hybridized carbons (Fsp3) is 0.450. The number of nitrogens with zero attached hydrogens (tertiary/aromatic N) is 4. The molecule has 5 rings (SSSR count). The minimum atomic E-state index is 0.0517. The summed E-state index contributed by atoms with van der Waals surface area (Å²) in [5.41, 5.74) is 3.38. The molecule has 0 radical (unpaired) electrons. The average Bonchev–Trinajstić information content (AvgIpc) is 3.41. The Labute approximate surface area is 151 Å². The molecule has 1 aliphatic heterocycles. The van der Waals surface area contributed by atoms with E-state index >= 15 is 0 Å². The minimum absolute atomic E-state index is 0.0517. The van der Waals surface area contributed by atoms with Gasteiger partial charge in [0.05, 0.1) is 11.0 Å². The van der Waals surface area contributed by atoms with Crippen LogP contribution in [-0.4, -0.2) is 32.6 Å². The van der Waals surface area contributed by atoms with Gasteiger partial charge in [0.25, 0.3) is 5.56 Å². The highest BCUT2D eigenvalue weighted by Crippen LogP contribution is 2.34. The molecule has 134 valence electrons. The summed E-state index contributed by atoms with van der Waals surface area (Å²) in [6.45, 7) is 3.76. The molecule has 0 bridgehead atoms. The molecule has 1 saturated carbocycles. The molecule has 0 spiro atoms. The van der Waals surface area contributed by atoms with E-state index < -0.39 is 0 Å². The van der Waals surface area contributed by atoms with E-state index in [9.17, 15) is 4.79 Å². The summed E-state index contributed by atoms with van der Waals surface area (Å²) in [4.78, 5) is 27.7. The fourth-order valence-electron chi connectivity index (χ4n) is 4.00. The predicted molar refractivity (Wildman–Crippen MR) is 102 cm³/mol. The molecule has 6 nitrogen and oxygen atoms in total. The maximum Gasteiger partial charge on any atom is 0.293 e. The van der Waals surface area contributed by atoms with Gasteiger partial charge in [-0.15, -0.1) is 0 Å². The number of H-pyrrole nitrogens is 1. The van der Waals surface area contributed by atoms with Gasteiger partial charge >= 0.3 is 0 Å². The topological polar surface area (TPSA) is 66.8 Å². The molecule has 6 heteroatoms. The van der Waals surface area contributed by atoms with Crippen LogP contribution >= 0.6 is 0 Å². The molecule has 3 aromatic rings. The number of hydrogen-bond acceptors (Lipinski definition) is 4. The lowest BCUT2D eigenvalue weighted by Crippen LogP contribution is -2.39. The first kappa shape index (κ1) is 15.6. The van der Waals surface area contributed by atoms with E-state index in [1.54, 1.807) is 6.20 Å². The van der Waals surface area contributed by atoms with Gasteiger partial charge in [-0.1, -0.05) is 6.07 Å². The molecule has 1 saturated heterocycles. The van der Waals surface area contributed by atoms with E-state index in [1.165, 1.54) is 5.56 Å². The van der Waals surface area contributed by atoms with Crippen LogP contribution < -0.4 is 10.5 Å². The molecule has 1 atom stereocenters. The summed E-state index contributed by atoms with van der Waals surface area (Å²) < 4.78 is 1.86. The Balaban J connectivity index is 1.44. The molecule has 0 amide bonds. The molecular weight excluding hydrogens is 326 g/mol. The van der Waals surface area contributed by atoms with Crippen LogP contribution in [0, 0.1) is 6.92 Å². The Bertz CT molecular complexity index is 1020. The minimum Gasteiger partial charge on any atom is -0.351 e. The van der Waals surface area contributed by atoms with Crippen molar-refractivity contribution in [3.05, 3.63) is 52.3 Å². The van der Waals surface area contributed by atoms with Gasteiger partial charge in [0.1, 0.15) is 5.82 Å². The number of fused-ring (bicyclic) bond motifs is 1. The first-order valence-electron chi connectivity index (χ1n) is 9.47. The molecule has 2 aliphatic rings. The van der Waals surface area contributed by atoms with E-state index in [1.807, 2.05) is 10.8 Å². The zero-order valence-electron chi connectivity index (χ0n) is 15.0. The van der Waals surface area contributed by atoms with Crippen LogP contribution in [0.4, 0.5) is 5.82 Å². The highest BCUT2D eigenvalue weighted by molar-refractivity contribution is 5.75. The van der Waals surface area contributed by atoms with Crippen molar-refractivity contribution in [2.75, 3.05) is 18.0 Å². The van der Waals surface area contributed by atoms with Gasteiger partial charge in [0, 0.05) is 37.4 Å². The van der Waals surface area contributed by atoms with Crippen molar-refractivity contribution >= 4 is 16.9 Å². The Morgan fingerprint density at radius 1 is 1.23 bits per heavy atom. The predicted octanol–water partition coefficient (Wildman–Crippen LogP) is 3.15. The average molecular weight is 349 g/mol. The third-order valence-corrected chi connectivity index (χ3v) is 5.55. The van der Waals surface area contributed by atoms with Gasteiger partial charge in [-0.2, -0.15) is 0 Å². The van der Waals surface area contributed by atoms with Crippen LogP contribution in [0.25, 0.3) is 11.0 Å². The lowest BCUT2D eigenvalue weighted by Gasteiger charge is -2.32. The second-order valence-electron chi connectivity index (χ2n) is 7.62. The van der Waals surface area contributed by atoms with E-state index in [-0.39, 0.29) is 5.56 Å². The largest absolute Gasteiger partial charge is 0.351 e. The molecule has 3 heterocycles. The van der Waals surface area contributed by atoms with Crippen LogP contribution in [-0.2, 0) is 0 Å². The monoisotopic (exact) mass is 349 g/mol. The maximum absolute atomic E-state index is 12.8. The van der Waals surface area contributed by atoms with Gasteiger partial charge in [-0.25, -0.2) is 9.97 Å². The Morgan fingerprint density at radius 3 is 2.96 bits per heavy atom. The zero-order valence-corrected chi connectivity index (χ0v) is 15.0. The first-order valence-corrected chi connectivity index (χ1v) is 9.47. The summed E-state index contributed by atoms with van der Waals surface area (Å²) >= 11 is 0. The van der Waals surface area contributed by atoms with Crippen molar-refractivity contribution in [1.29, 1.82) is 0 Å². The highest BCUT2D eigenvalue weighted by Gasteiger charge is 2.29. The molecule has 26 heavy (non-hydrogen) atoms. The normalized spacial score (nSPS) is 20.7. The molecule has 1 unspecified atom stereocenters. The SMILES string of the molecule is Cc1ccc2nc(C3CCCN(c4nccn(C5CC5)c4=O)C3)[nH]c2c1. The van der Waals surface area contributed by atoms with Gasteiger partial charge < -0.3 is 14.5 Å². The molecule has 2 aromatic heterocycles. The third-order valence-electron chi connectivity index (χ3n) is 5.55. The van der Waals surface area contributed by atoms with Crippen LogP contribution in [0.3, 0.4) is 0 Å². The van der Waals surface area contributed by atoms with Crippen molar-refractivity contribution in [3.8, 4) is 0 Å². The van der Waals surface area contributed by atoms with Crippen molar-refractivity contribution in [2.45, 2.75) is 44.6 Å². The van der Waals surface area contributed by atoms with Gasteiger partial charge in [0.2, 0.25) is 0 Å². The van der Waals surface area contributed by atoms with Crippen LogP contribution in [0.2, 0.25) is 0 Å². The Hall–Kier alpha value is -2.63. The number of benzene rings is 1. The summed E-state index contributed by atoms with van der Waals surface area (Å²) in [6, 6.07) is 6.68. The Kier molecular flexibility index (Phi) is 3.58. The Morgan fingerprint density at radius 2 is 2.12 bits per heavy atom. The van der Waals surface area contributed by atoms with E-state index in [4.69, 9.17) is 4.98 Å². The smallest absolute Gasteiger partial charge is 0.293 e. The number of anilines is 1. The molecular formula is C20H23N5O. The summed E-state index contributed by atoms with van der Waals surface area (Å²) in [6.07, 6.45) is 7.92. The van der Waals surface area contributed by atoms with Gasteiger partial charge in [-0.3, -0.25) is 4.79 Å². The summed E-state index contributed by atoms with van der Waals surface area (Å²) in [5.74, 6) is 1.91. The quantitative estimate of drug-likeness (QED) is 0.789. The van der Waals surface area contributed by atoms with E-state index in [0.717, 1.165) is 55.6 Å². The number of imidazole rings is 1. The number of hydrogen-bond donors (Lipinski definition) is 1. The molecule has 1 aliphatic carbocycles. The summed E-state index contributed by atoms with van der Waals surface area (Å²) in [7, 11) is 0. The lowest BCUT2D eigenvalue weighted by atomic mass is 9.97. The summed E-state index contributed by atoms with van der Waals surface area (Å²) in [5, 5.41) is 0. The second-order valence-corrected chi connectivity index (χ2v) is 7.62. The number of rotatable bonds is 3. The number of piperidine rings is 1. The zero-order chi connectivity index (χ0) is 17.7. The third kappa shape index (κ3) is 2.69. The van der Waals surface area contributed by atoms with Crippen LogP contribution in [0.1, 0.15) is 49.0 Å². The lowest BCUT2D eigenvalue weighted by molar-refractivity contribution is 0.489. The molecule has 2 fully saturated rings. The first-order chi connectivity index (χ1) is 12.7. The number of aromatic nitrogens is 4. The fourth-order valence-corrected chi connectivity index (χ4v) is 4.00. The van der Waals surface area contributed by atoms with E-state index in [0.29, 0.717) is 17.8 Å². The molecule has 1 N–H and O–H groups in total. The van der Waals surface area contributed by atoms with Crippen molar-refractivity contribution in [2.24, 2.45) is 0 Å². The van der Waals surface area contributed by atoms with Crippen molar-refractivity contribution in [3.63, 3.8) is 0 Å². The highest BCUT2D eigenvalue weighted by atomic mass is 16.1. The van der Waals surface area contributed by atoms with Crippen LogP contribution in [0.15, 0.2) is 35.4 Å². The standard InChI is InChI=1S/C20H23N5O/c1-13-4-7-16-17(11-13)23-18(22-16)14-3-2-9-24(12-14)19-20(26)25(10-8-21-19)15-5-6-15/h4,7-8,10-11,14-15H,2-3,5-6,9,12H2,1H3,(H,22,23). The molecule has 1 aromatic carbocycles. The van der Waals surface area contributed by atoms with Gasteiger partial charge in [-0.05, 0) is 50.3 Å². The van der Waals surface area contributed by atoms with E-state index in [2.05, 4.69) is 40.0 Å². The van der Waals surface area contributed by atoms with Crippen molar-refractivity contribution < 1.29 is 0 Å². The van der Waals surface area contributed by atoms with Crippen LogP contribution in [0.5, 0.6) is 0 Å². The van der Waals surface area contributed by atoms with Crippen molar-refractivity contribution in [1.82, 2.24) is 19.5 Å². The second kappa shape index (κ2) is 5.97. The number of aryl methyl sites for hydroxylation is 1. The van der Waals surface area contributed by atoms with Gasteiger partial charge in [0.15, 0.2) is 5.82 Å². The maximum atomic E-state index is 12.8. The number of nitrogens with one attached hydrogen (secondary N) is 1.